The number of hydrogen-bond donors (Lipinski definition) is 0. The Bertz CT molecular complexity index is 1160. The summed E-state index contributed by atoms with van der Waals surface area (Å²) in [5, 5.41) is 0.684. The summed E-state index contributed by atoms with van der Waals surface area (Å²) in [7, 11) is 0. The molecule has 3 aromatic rings. The first-order valence-corrected chi connectivity index (χ1v) is 12.3. The van der Waals surface area contributed by atoms with Gasteiger partial charge in [-0.05, 0) is 54.3 Å². The van der Waals surface area contributed by atoms with Crippen molar-refractivity contribution >= 4 is 69.3 Å². The van der Waals surface area contributed by atoms with Crippen molar-refractivity contribution in [3.05, 3.63) is 93.9 Å². The molecular weight excluding hydrogens is 466 g/mol. The molecule has 0 saturated carbocycles. The second kappa shape index (κ2) is 9.92. The van der Waals surface area contributed by atoms with E-state index < -0.39 is 0 Å². The lowest BCUT2D eigenvalue weighted by molar-refractivity contribution is -0.113. The van der Waals surface area contributed by atoms with Gasteiger partial charge in [-0.15, -0.1) is 11.8 Å². The molecule has 0 atom stereocenters. The van der Waals surface area contributed by atoms with E-state index in [-0.39, 0.29) is 5.91 Å². The highest BCUT2D eigenvalue weighted by Crippen LogP contribution is 2.37. The van der Waals surface area contributed by atoms with Gasteiger partial charge in [0.2, 0.25) is 0 Å². The first-order chi connectivity index (χ1) is 15.0. The van der Waals surface area contributed by atoms with E-state index in [4.69, 9.17) is 28.6 Å². The van der Waals surface area contributed by atoms with Crippen LogP contribution in [-0.4, -0.2) is 16.5 Å². The fourth-order valence-electron chi connectivity index (χ4n) is 3.03. The van der Waals surface area contributed by atoms with E-state index in [0.717, 1.165) is 27.5 Å². The van der Waals surface area contributed by atoms with Gasteiger partial charge in [-0.1, -0.05) is 72.0 Å². The van der Waals surface area contributed by atoms with E-state index in [2.05, 4.69) is 0 Å². The molecular formula is C24H18ClNO2S3. The summed E-state index contributed by atoms with van der Waals surface area (Å²) in [5.41, 5.74) is 2.63. The topological polar surface area (TPSA) is 29.5 Å². The molecule has 1 aliphatic heterocycles. The SMILES string of the molecule is CSc1cccc(N2C(=O)/C(=C\c3ccc(OCc4ccccc4Cl)cc3)SC2=S)c1. The van der Waals surface area contributed by atoms with Crippen molar-refractivity contribution in [2.45, 2.75) is 11.5 Å². The third-order valence-electron chi connectivity index (χ3n) is 4.64. The molecule has 31 heavy (non-hydrogen) atoms. The van der Waals surface area contributed by atoms with Crippen LogP contribution in [0.5, 0.6) is 5.75 Å². The van der Waals surface area contributed by atoms with Crippen LogP contribution in [0.25, 0.3) is 6.08 Å². The summed E-state index contributed by atoms with van der Waals surface area (Å²) < 4.78 is 6.36. The second-order valence-electron chi connectivity index (χ2n) is 6.67. The van der Waals surface area contributed by atoms with Gasteiger partial charge in [0.1, 0.15) is 12.4 Å². The predicted molar refractivity (Wildman–Crippen MR) is 136 cm³/mol. The van der Waals surface area contributed by atoms with Crippen LogP contribution in [0, 0.1) is 0 Å². The lowest BCUT2D eigenvalue weighted by Crippen LogP contribution is -2.27. The van der Waals surface area contributed by atoms with Crippen molar-refractivity contribution in [2.75, 3.05) is 11.2 Å². The molecule has 4 rings (SSSR count). The van der Waals surface area contributed by atoms with E-state index in [0.29, 0.717) is 20.9 Å². The molecule has 3 aromatic carbocycles. The Kier molecular flexibility index (Phi) is 7.02. The minimum atomic E-state index is -0.104. The number of amides is 1. The summed E-state index contributed by atoms with van der Waals surface area (Å²) in [6.07, 6.45) is 3.86. The van der Waals surface area contributed by atoms with Gasteiger partial charge in [-0.3, -0.25) is 9.69 Å². The first kappa shape index (κ1) is 22.0. The number of anilines is 1. The zero-order valence-corrected chi connectivity index (χ0v) is 19.8. The smallest absolute Gasteiger partial charge is 0.270 e. The van der Waals surface area contributed by atoms with Crippen LogP contribution in [0.3, 0.4) is 0 Å². The standard InChI is InChI=1S/C24H18ClNO2S3/c1-30-20-7-4-6-18(14-20)26-23(27)22(31-24(26)29)13-16-9-11-19(12-10-16)28-15-17-5-2-3-8-21(17)25/h2-14H,15H2,1H3/b22-13+. The summed E-state index contributed by atoms with van der Waals surface area (Å²) >= 11 is 14.6. The number of benzene rings is 3. The van der Waals surface area contributed by atoms with Gasteiger partial charge in [0, 0.05) is 15.5 Å². The van der Waals surface area contributed by atoms with Crippen molar-refractivity contribution in [2.24, 2.45) is 0 Å². The Morgan fingerprint density at radius 2 is 1.87 bits per heavy atom. The molecule has 0 aromatic heterocycles. The van der Waals surface area contributed by atoms with Crippen LogP contribution in [0.15, 0.2) is 82.6 Å². The molecule has 3 nitrogen and oxygen atoms in total. The highest BCUT2D eigenvalue weighted by Gasteiger charge is 2.33. The maximum atomic E-state index is 13.0. The van der Waals surface area contributed by atoms with E-state index in [9.17, 15) is 4.79 Å². The molecule has 1 heterocycles. The minimum absolute atomic E-state index is 0.104. The Balaban J connectivity index is 1.46. The Morgan fingerprint density at radius 3 is 2.61 bits per heavy atom. The van der Waals surface area contributed by atoms with Crippen LogP contribution >= 0.6 is 47.3 Å². The third-order valence-corrected chi connectivity index (χ3v) is 7.03. The molecule has 156 valence electrons. The summed E-state index contributed by atoms with van der Waals surface area (Å²) in [6, 6.07) is 23.0. The molecule has 0 spiro atoms. The van der Waals surface area contributed by atoms with E-state index in [1.54, 1.807) is 16.7 Å². The van der Waals surface area contributed by atoms with Crippen molar-refractivity contribution in [1.29, 1.82) is 0 Å². The summed E-state index contributed by atoms with van der Waals surface area (Å²) in [5.74, 6) is 0.630. The van der Waals surface area contributed by atoms with Crippen LogP contribution < -0.4 is 9.64 Å². The number of carbonyl (C=O) groups excluding carboxylic acids is 1. The van der Waals surface area contributed by atoms with Crippen LogP contribution in [0.1, 0.15) is 11.1 Å². The van der Waals surface area contributed by atoms with Crippen molar-refractivity contribution in [3.63, 3.8) is 0 Å². The fraction of sp³-hybridized carbons (Fsp3) is 0.0833. The normalized spacial score (nSPS) is 15.0. The molecule has 1 saturated heterocycles. The fourth-order valence-corrected chi connectivity index (χ4v) is 4.97. The molecule has 1 aliphatic rings. The largest absolute Gasteiger partial charge is 0.489 e. The molecule has 1 amide bonds. The van der Waals surface area contributed by atoms with Crippen molar-refractivity contribution in [1.82, 2.24) is 0 Å². The molecule has 0 unspecified atom stereocenters. The number of hydrogen-bond acceptors (Lipinski definition) is 5. The lowest BCUT2D eigenvalue weighted by atomic mass is 10.2. The minimum Gasteiger partial charge on any atom is -0.489 e. The Hall–Kier alpha value is -2.25. The maximum absolute atomic E-state index is 13.0. The van der Waals surface area contributed by atoms with E-state index >= 15 is 0 Å². The number of halogens is 1. The van der Waals surface area contributed by atoms with Gasteiger partial charge in [0.05, 0.1) is 10.6 Å². The van der Waals surface area contributed by atoms with Crippen LogP contribution in [0.2, 0.25) is 5.02 Å². The number of thioether (sulfide) groups is 2. The summed E-state index contributed by atoms with van der Waals surface area (Å²) in [4.78, 5) is 16.3. The third kappa shape index (κ3) is 5.15. The quantitative estimate of drug-likeness (QED) is 0.213. The van der Waals surface area contributed by atoms with Gasteiger partial charge in [-0.25, -0.2) is 0 Å². The van der Waals surface area contributed by atoms with Gasteiger partial charge < -0.3 is 4.74 Å². The Labute approximate surface area is 200 Å². The second-order valence-corrected chi connectivity index (χ2v) is 9.63. The molecule has 0 aliphatic carbocycles. The summed E-state index contributed by atoms with van der Waals surface area (Å²) in [6.45, 7) is 0.396. The zero-order valence-electron chi connectivity index (χ0n) is 16.6. The van der Waals surface area contributed by atoms with E-state index in [1.807, 2.05) is 85.1 Å². The molecule has 0 radical (unpaired) electrons. The number of nitrogens with zero attached hydrogens (tertiary/aromatic N) is 1. The molecule has 7 heteroatoms. The van der Waals surface area contributed by atoms with Crippen LogP contribution in [0.4, 0.5) is 5.69 Å². The monoisotopic (exact) mass is 483 g/mol. The van der Waals surface area contributed by atoms with Gasteiger partial charge in [0.15, 0.2) is 4.32 Å². The average molecular weight is 484 g/mol. The maximum Gasteiger partial charge on any atom is 0.270 e. The highest BCUT2D eigenvalue weighted by molar-refractivity contribution is 8.27. The molecule has 1 fully saturated rings. The Morgan fingerprint density at radius 1 is 1.10 bits per heavy atom. The number of ether oxygens (including phenoxy) is 1. The van der Waals surface area contributed by atoms with Crippen LogP contribution in [-0.2, 0) is 11.4 Å². The number of carbonyl (C=O) groups is 1. The highest BCUT2D eigenvalue weighted by atomic mass is 35.5. The molecule has 0 N–H and O–H groups in total. The number of thiocarbonyl (C=S) groups is 1. The van der Waals surface area contributed by atoms with Crippen molar-refractivity contribution < 1.29 is 9.53 Å². The van der Waals surface area contributed by atoms with Gasteiger partial charge in [-0.2, -0.15) is 0 Å². The van der Waals surface area contributed by atoms with E-state index in [1.165, 1.54) is 11.8 Å². The lowest BCUT2D eigenvalue weighted by Gasteiger charge is -2.15. The first-order valence-electron chi connectivity index (χ1n) is 9.43. The zero-order chi connectivity index (χ0) is 21.8. The predicted octanol–water partition coefficient (Wildman–Crippen LogP) is 7.05. The van der Waals surface area contributed by atoms with Gasteiger partial charge >= 0.3 is 0 Å². The molecule has 0 bridgehead atoms. The van der Waals surface area contributed by atoms with Gasteiger partial charge in [0.25, 0.3) is 5.91 Å². The van der Waals surface area contributed by atoms with Crippen molar-refractivity contribution in [3.8, 4) is 5.75 Å². The average Bonchev–Trinajstić information content (AvgIpc) is 3.07. The number of rotatable bonds is 6.